The van der Waals surface area contributed by atoms with Gasteiger partial charge in [0.05, 0.1) is 24.7 Å². The fraction of sp³-hybridized carbons (Fsp3) is 0.571. The van der Waals surface area contributed by atoms with Crippen LogP contribution in [-0.2, 0) is 20.7 Å². The third kappa shape index (κ3) is 2.65. The van der Waals surface area contributed by atoms with Crippen molar-refractivity contribution in [2.24, 2.45) is 0 Å². The smallest absolute Gasteiger partial charge is 0.341 e. The average Bonchev–Trinajstić information content (AvgIpc) is 2.74. The zero-order valence-electron chi connectivity index (χ0n) is 11.7. The molecule has 0 aliphatic heterocycles. The second-order valence-electron chi connectivity index (χ2n) is 4.60. The highest BCUT2D eigenvalue weighted by atomic mass is 32.1. The van der Waals surface area contributed by atoms with Crippen LogP contribution in [0.3, 0.4) is 0 Å². The summed E-state index contributed by atoms with van der Waals surface area (Å²) in [6.45, 7) is 4.14. The van der Waals surface area contributed by atoms with Gasteiger partial charge in [-0.25, -0.2) is 4.79 Å². The van der Waals surface area contributed by atoms with E-state index in [1.165, 1.54) is 11.3 Å². The molecule has 0 saturated heterocycles. The van der Waals surface area contributed by atoms with E-state index in [4.69, 9.17) is 15.2 Å². The molecular formula is C14H19NO4S. The van der Waals surface area contributed by atoms with Crippen LogP contribution < -0.4 is 5.73 Å². The molecule has 1 heterocycles. The van der Waals surface area contributed by atoms with Crippen LogP contribution in [0.5, 0.6) is 0 Å². The Hall–Kier alpha value is -1.56. The van der Waals surface area contributed by atoms with Crippen molar-refractivity contribution in [1.29, 1.82) is 0 Å². The minimum atomic E-state index is -0.446. The van der Waals surface area contributed by atoms with Crippen LogP contribution >= 0.6 is 11.3 Å². The molecule has 1 aliphatic carbocycles. The van der Waals surface area contributed by atoms with Crippen LogP contribution in [0.4, 0.5) is 5.00 Å². The Balaban J connectivity index is 2.43. The zero-order chi connectivity index (χ0) is 14.7. The number of carbonyl (C=O) groups excluding carboxylic acids is 2. The summed E-state index contributed by atoms with van der Waals surface area (Å²) < 4.78 is 10.2. The highest BCUT2D eigenvalue weighted by Gasteiger charge is 2.35. The normalized spacial score (nSPS) is 17.4. The van der Waals surface area contributed by atoms with Gasteiger partial charge < -0.3 is 15.2 Å². The van der Waals surface area contributed by atoms with Gasteiger partial charge in [-0.1, -0.05) is 0 Å². The number of aryl methyl sites for hydroxylation is 1. The van der Waals surface area contributed by atoms with Gasteiger partial charge in [-0.2, -0.15) is 0 Å². The van der Waals surface area contributed by atoms with E-state index in [9.17, 15) is 9.59 Å². The molecule has 0 aromatic carbocycles. The monoisotopic (exact) mass is 297 g/mol. The summed E-state index contributed by atoms with van der Waals surface area (Å²) in [6.07, 6.45) is 2.44. The minimum absolute atomic E-state index is 0.281. The van der Waals surface area contributed by atoms with Crippen molar-refractivity contribution in [2.75, 3.05) is 18.9 Å². The van der Waals surface area contributed by atoms with E-state index in [2.05, 4.69) is 0 Å². The molecule has 20 heavy (non-hydrogen) atoms. The third-order valence-corrected chi connectivity index (χ3v) is 4.44. The van der Waals surface area contributed by atoms with Gasteiger partial charge in [0.1, 0.15) is 5.00 Å². The maximum atomic E-state index is 12.1. The predicted molar refractivity (Wildman–Crippen MR) is 77.0 cm³/mol. The molecule has 0 unspecified atom stereocenters. The number of hydrogen-bond acceptors (Lipinski definition) is 6. The molecule has 0 bridgehead atoms. The third-order valence-electron chi connectivity index (χ3n) is 3.35. The molecule has 0 amide bonds. The summed E-state index contributed by atoms with van der Waals surface area (Å²) in [5, 5.41) is 0.435. The lowest BCUT2D eigenvalue weighted by Crippen LogP contribution is -2.22. The molecule has 0 radical (unpaired) electrons. The number of rotatable bonds is 4. The number of thiophene rings is 1. The number of nitrogen functional groups attached to an aromatic ring is 1. The molecular weight excluding hydrogens is 278 g/mol. The summed E-state index contributed by atoms with van der Waals surface area (Å²) in [7, 11) is 0. The Labute approximate surface area is 122 Å². The number of esters is 2. The van der Waals surface area contributed by atoms with Gasteiger partial charge >= 0.3 is 11.9 Å². The van der Waals surface area contributed by atoms with Gasteiger partial charge in [-0.05, 0) is 38.7 Å². The highest BCUT2D eigenvalue weighted by molar-refractivity contribution is 7.16. The average molecular weight is 297 g/mol. The van der Waals surface area contributed by atoms with Crippen LogP contribution in [0.15, 0.2) is 0 Å². The number of ether oxygens (including phenoxy) is 2. The topological polar surface area (TPSA) is 78.6 Å². The lowest BCUT2D eigenvalue weighted by atomic mass is 9.85. The van der Waals surface area contributed by atoms with Gasteiger partial charge in [0.2, 0.25) is 0 Å². The second kappa shape index (κ2) is 6.26. The molecule has 1 atom stereocenters. The molecule has 1 aromatic rings. The number of carbonyl (C=O) groups is 2. The lowest BCUT2D eigenvalue weighted by molar-refractivity contribution is -0.145. The first-order chi connectivity index (χ1) is 9.60. The van der Waals surface area contributed by atoms with Crippen LogP contribution in [-0.4, -0.2) is 25.2 Å². The van der Waals surface area contributed by atoms with Crippen LogP contribution in [0.2, 0.25) is 0 Å². The quantitative estimate of drug-likeness (QED) is 0.864. The molecule has 0 fully saturated rings. The van der Waals surface area contributed by atoms with Gasteiger partial charge in [0.15, 0.2) is 0 Å². The molecule has 6 heteroatoms. The number of anilines is 1. The summed E-state index contributed by atoms with van der Waals surface area (Å²) in [4.78, 5) is 25.2. The van der Waals surface area contributed by atoms with E-state index in [-0.39, 0.29) is 12.6 Å². The molecule has 0 saturated carbocycles. The highest BCUT2D eigenvalue weighted by Crippen LogP contribution is 2.43. The lowest BCUT2D eigenvalue weighted by Gasteiger charge is -2.22. The van der Waals surface area contributed by atoms with Crippen molar-refractivity contribution in [2.45, 2.75) is 39.0 Å². The summed E-state index contributed by atoms with van der Waals surface area (Å²) in [5.41, 5.74) is 7.05. The first-order valence-electron chi connectivity index (χ1n) is 6.84. The SMILES string of the molecule is CCOC(=O)c1c(N)sc2c1[C@H](C(=O)OCC)CCC2. The summed E-state index contributed by atoms with van der Waals surface area (Å²) in [6, 6.07) is 0. The molecule has 110 valence electrons. The van der Waals surface area contributed by atoms with Gasteiger partial charge in [-0.15, -0.1) is 11.3 Å². The molecule has 2 rings (SSSR count). The Kier molecular flexibility index (Phi) is 4.65. The summed E-state index contributed by atoms with van der Waals surface area (Å²) >= 11 is 1.38. The Morgan fingerprint density at radius 3 is 2.65 bits per heavy atom. The van der Waals surface area contributed by atoms with E-state index in [0.29, 0.717) is 23.6 Å². The first kappa shape index (κ1) is 14.8. The predicted octanol–water partition coefficient (Wildman–Crippen LogP) is 2.49. The van der Waals surface area contributed by atoms with E-state index in [1.54, 1.807) is 13.8 Å². The van der Waals surface area contributed by atoms with Crippen molar-refractivity contribution in [1.82, 2.24) is 0 Å². The first-order valence-corrected chi connectivity index (χ1v) is 7.66. The largest absolute Gasteiger partial charge is 0.466 e. The van der Waals surface area contributed by atoms with Gasteiger partial charge in [-0.3, -0.25) is 4.79 Å². The van der Waals surface area contributed by atoms with Gasteiger partial charge in [0.25, 0.3) is 0 Å². The Morgan fingerprint density at radius 2 is 2.00 bits per heavy atom. The fourth-order valence-electron chi connectivity index (χ4n) is 2.57. The maximum absolute atomic E-state index is 12.1. The van der Waals surface area contributed by atoms with E-state index < -0.39 is 11.9 Å². The van der Waals surface area contributed by atoms with Crippen LogP contribution in [0.1, 0.15) is 53.4 Å². The van der Waals surface area contributed by atoms with Crippen LogP contribution in [0.25, 0.3) is 0 Å². The molecule has 0 spiro atoms. The van der Waals surface area contributed by atoms with E-state index in [1.807, 2.05) is 0 Å². The summed E-state index contributed by atoms with van der Waals surface area (Å²) in [5.74, 6) is -1.12. The van der Waals surface area contributed by atoms with Crippen molar-refractivity contribution < 1.29 is 19.1 Å². The molecule has 5 nitrogen and oxygen atoms in total. The second-order valence-corrected chi connectivity index (χ2v) is 5.73. The minimum Gasteiger partial charge on any atom is -0.466 e. The van der Waals surface area contributed by atoms with Crippen molar-refractivity contribution in [3.05, 3.63) is 16.0 Å². The molecule has 2 N–H and O–H groups in total. The number of hydrogen-bond donors (Lipinski definition) is 1. The van der Waals surface area contributed by atoms with Crippen molar-refractivity contribution >= 4 is 28.3 Å². The Morgan fingerprint density at radius 1 is 1.30 bits per heavy atom. The maximum Gasteiger partial charge on any atom is 0.341 e. The standard InChI is InChI=1S/C14H19NO4S/c1-3-18-13(16)8-6-5-7-9-10(8)11(12(15)20-9)14(17)19-4-2/h8H,3-7,15H2,1-2H3/t8-/m1/s1. The zero-order valence-corrected chi connectivity index (χ0v) is 12.5. The Bertz CT molecular complexity index is 523. The molecule has 1 aliphatic rings. The molecule has 1 aromatic heterocycles. The van der Waals surface area contributed by atoms with Crippen LogP contribution in [0, 0.1) is 0 Å². The van der Waals surface area contributed by atoms with E-state index in [0.717, 1.165) is 23.3 Å². The fourth-order valence-corrected chi connectivity index (χ4v) is 3.73. The van der Waals surface area contributed by atoms with Crippen molar-refractivity contribution in [3.63, 3.8) is 0 Å². The van der Waals surface area contributed by atoms with Gasteiger partial charge in [0, 0.05) is 4.88 Å². The number of nitrogens with two attached hydrogens (primary N) is 1. The van der Waals surface area contributed by atoms with E-state index >= 15 is 0 Å². The number of fused-ring (bicyclic) bond motifs is 1. The van der Waals surface area contributed by atoms with Crippen molar-refractivity contribution in [3.8, 4) is 0 Å².